The second-order valence-electron chi connectivity index (χ2n) is 5.50. The standard InChI is InChI=1S/C15H16ClN3O3/c16-11-3-1-2-10(4-11)13-12(5-18-19-13)14(21)17-6-15(7-20)8-22-9-15/h1-5,20H,6-9H2,(H,17,21)(H,18,19). The number of H-pyrrole nitrogens is 1. The van der Waals surface area contributed by atoms with E-state index in [4.69, 9.17) is 16.3 Å². The van der Waals surface area contributed by atoms with Gasteiger partial charge in [-0.15, -0.1) is 0 Å². The molecule has 0 aliphatic carbocycles. The SMILES string of the molecule is O=C(NCC1(CO)COC1)c1cn[nH]c1-c1cccc(Cl)c1. The summed E-state index contributed by atoms with van der Waals surface area (Å²) >= 11 is 5.98. The predicted molar refractivity (Wildman–Crippen MR) is 81.7 cm³/mol. The number of aromatic amines is 1. The molecule has 1 aliphatic heterocycles. The highest BCUT2D eigenvalue weighted by Crippen LogP contribution is 2.27. The zero-order valence-corrected chi connectivity index (χ0v) is 12.6. The Balaban J connectivity index is 1.75. The van der Waals surface area contributed by atoms with E-state index >= 15 is 0 Å². The molecule has 22 heavy (non-hydrogen) atoms. The van der Waals surface area contributed by atoms with Gasteiger partial charge in [-0.3, -0.25) is 9.89 Å². The van der Waals surface area contributed by atoms with Gasteiger partial charge in [-0.25, -0.2) is 0 Å². The number of hydrogen-bond donors (Lipinski definition) is 3. The van der Waals surface area contributed by atoms with E-state index in [-0.39, 0.29) is 17.9 Å². The van der Waals surface area contributed by atoms with Crippen molar-refractivity contribution in [1.29, 1.82) is 0 Å². The van der Waals surface area contributed by atoms with Crippen molar-refractivity contribution in [1.82, 2.24) is 15.5 Å². The summed E-state index contributed by atoms with van der Waals surface area (Å²) in [4.78, 5) is 12.4. The molecule has 1 aliphatic rings. The van der Waals surface area contributed by atoms with Crippen molar-refractivity contribution in [2.75, 3.05) is 26.4 Å². The molecule has 1 aromatic heterocycles. The minimum absolute atomic E-state index is 0.0141. The highest BCUT2D eigenvalue weighted by Gasteiger charge is 2.38. The second-order valence-corrected chi connectivity index (χ2v) is 5.94. The van der Waals surface area contributed by atoms with Crippen molar-refractivity contribution in [2.24, 2.45) is 5.41 Å². The maximum atomic E-state index is 12.4. The number of aromatic nitrogens is 2. The highest BCUT2D eigenvalue weighted by molar-refractivity contribution is 6.30. The lowest BCUT2D eigenvalue weighted by atomic mass is 9.87. The van der Waals surface area contributed by atoms with Gasteiger partial charge in [0, 0.05) is 17.1 Å². The summed E-state index contributed by atoms with van der Waals surface area (Å²) in [5.41, 5.74) is 1.48. The van der Waals surface area contributed by atoms with Gasteiger partial charge >= 0.3 is 0 Å². The molecule has 1 amide bonds. The van der Waals surface area contributed by atoms with Gasteiger partial charge in [0.2, 0.25) is 0 Å². The van der Waals surface area contributed by atoms with Crippen LogP contribution in [0.1, 0.15) is 10.4 Å². The molecule has 6 nitrogen and oxygen atoms in total. The van der Waals surface area contributed by atoms with Crippen LogP contribution < -0.4 is 5.32 Å². The fraction of sp³-hybridized carbons (Fsp3) is 0.333. The number of aliphatic hydroxyl groups excluding tert-OH is 1. The van der Waals surface area contributed by atoms with Gasteiger partial charge in [-0.05, 0) is 12.1 Å². The van der Waals surface area contributed by atoms with Crippen LogP contribution in [0.3, 0.4) is 0 Å². The van der Waals surface area contributed by atoms with E-state index in [0.717, 1.165) is 5.56 Å². The van der Waals surface area contributed by atoms with E-state index in [2.05, 4.69) is 15.5 Å². The molecule has 3 N–H and O–H groups in total. The van der Waals surface area contributed by atoms with Gasteiger partial charge < -0.3 is 15.2 Å². The maximum absolute atomic E-state index is 12.4. The topological polar surface area (TPSA) is 87.2 Å². The summed E-state index contributed by atoms with van der Waals surface area (Å²) in [6, 6.07) is 7.20. The second kappa shape index (κ2) is 6.08. The normalized spacial score (nSPS) is 16.1. The Bertz CT molecular complexity index is 677. The molecule has 0 radical (unpaired) electrons. The van der Waals surface area contributed by atoms with Crippen LogP contribution in [0.25, 0.3) is 11.3 Å². The minimum atomic E-state index is -0.365. The quantitative estimate of drug-likeness (QED) is 0.778. The van der Waals surface area contributed by atoms with Gasteiger partial charge in [-0.1, -0.05) is 23.7 Å². The van der Waals surface area contributed by atoms with E-state index in [1.807, 2.05) is 12.1 Å². The molecule has 0 spiro atoms. The molecular weight excluding hydrogens is 306 g/mol. The van der Waals surface area contributed by atoms with Crippen LogP contribution in [0.15, 0.2) is 30.5 Å². The Labute approximate surface area is 132 Å². The van der Waals surface area contributed by atoms with Gasteiger partial charge in [0.1, 0.15) is 0 Å². The molecule has 1 aromatic carbocycles. The number of rotatable bonds is 5. The lowest BCUT2D eigenvalue weighted by Gasteiger charge is -2.39. The van der Waals surface area contributed by atoms with Crippen LogP contribution in [0.2, 0.25) is 5.02 Å². The number of aliphatic hydroxyl groups is 1. The molecule has 7 heteroatoms. The van der Waals surface area contributed by atoms with Gasteiger partial charge in [-0.2, -0.15) is 5.10 Å². The molecule has 3 rings (SSSR count). The van der Waals surface area contributed by atoms with Crippen LogP contribution in [-0.2, 0) is 4.74 Å². The van der Waals surface area contributed by atoms with Gasteiger partial charge in [0.05, 0.1) is 42.7 Å². The van der Waals surface area contributed by atoms with Crippen LogP contribution >= 0.6 is 11.6 Å². The monoisotopic (exact) mass is 321 g/mol. The summed E-state index contributed by atoms with van der Waals surface area (Å²) in [6.07, 6.45) is 1.48. The first-order chi connectivity index (χ1) is 10.6. The summed E-state index contributed by atoms with van der Waals surface area (Å²) in [5.74, 6) is -0.247. The molecule has 116 valence electrons. The molecule has 2 aromatic rings. The number of nitrogens with zero attached hydrogens (tertiary/aromatic N) is 1. The molecule has 0 saturated carbocycles. The maximum Gasteiger partial charge on any atom is 0.255 e. The van der Waals surface area contributed by atoms with E-state index in [9.17, 15) is 9.90 Å². The Hall–Kier alpha value is -1.89. The van der Waals surface area contributed by atoms with Crippen LogP contribution in [0.4, 0.5) is 0 Å². The summed E-state index contributed by atoms with van der Waals surface area (Å²) in [6.45, 7) is 1.26. The third-order valence-corrected chi connectivity index (χ3v) is 4.01. The molecule has 0 unspecified atom stereocenters. The van der Waals surface area contributed by atoms with E-state index in [0.29, 0.717) is 36.0 Å². The Morgan fingerprint density at radius 3 is 2.95 bits per heavy atom. The molecule has 0 atom stereocenters. The van der Waals surface area contributed by atoms with Crippen LogP contribution in [0, 0.1) is 5.41 Å². The Kier molecular flexibility index (Phi) is 4.15. The summed E-state index contributed by atoms with van der Waals surface area (Å²) in [5, 5.41) is 19.6. The first kappa shape index (κ1) is 15.0. The smallest absolute Gasteiger partial charge is 0.255 e. The number of carbonyl (C=O) groups excluding carboxylic acids is 1. The minimum Gasteiger partial charge on any atom is -0.396 e. The number of ether oxygens (including phenoxy) is 1. The van der Waals surface area contributed by atoms with E-state index < -0.39 is 0 Å². The number of halogens is 1. The Morgan fingerprint density at radius 2 is 2.32 bits per heavy atom. The number of carbonyl (C=O) groups is 1. The molecular formula is C15H16ClN3O3. The number of benzene rings is 1. The fourth-order valence-electron chi connectivity index (χ4n) is 2.33. The van der Waals surface area contributed by atoms with Crippen LogP contribution in [0.5, 0.6) is 0 Å². The number of hydrogen-bond acceptors (Lipinski definition) is 4. The van der Waals surface area contributed by atoms with Crippen molar-refractivity contribution in [2.45, 2.75) is 0 Å². The highest BCUT2D eigenvalue weighted by atomic mass is 35.5. The zero-order chi connectivity index (χ0) is 15.6. The van der Waals surface area contributed by atoms with Crippen molar-refractivity contribution < 1.29 is 14.6 Å². The van der Waals surface area contributed by atoms with Gasteiger partial charge in [0.25, 0.3) is 5.91 Å². The Morgan fingerprint density at radius 1 is 1.50 bits per heavy atom. The third kappa shape index (κ3) is 2.85. The first-order valence-electron chi connectivity index (χ1n) is 6.90. The fourth-order valence-corrected chi connectivity index (χ4v) is 2.52. The lowest BCUT2D eigenvalue weighted by Crippen LogP contribution is -2.53. The van der Waals surface area contributed by atoms with Crippen molar-refractivity contribution in [3.8, 4) is 11.3 Å². The molecule has 1 saturated heterocycles. The van der Waals surface area contributed by atoms with Crippen LogP contribution in [-0.4, -0.2) is 47.6 Å². The van der Waals surface area contributed by atoms with E-state index in [1.54, 1.807) is 12.1 Å². The first-order valence-corrected chi connectivity index (χ1v) is 7.27. The lowest BCUT2D eigenvalue weighted by molar-refractivity contribution is -0.133. The van der Waals surface area contributed by atoms with Crippen molar-refractivity contribution in [3.63, 3.8) is 0 Å². The third-order valence-electron chi connectivity index (χ3n) is 3.77. The zero-order valence-electron chi connectivity index (χ0n) is 11.8. The van der Waals surface area contributed by atoms with Gasteiger partial charge in [0.15, 0.2) is 0 Å². The summed E-state index contributed by atoms with van der Waals surface area (Å²) in [7, 11) is 0. The number of nitrogens with one attached hydrogen (secondary N) is 2. The predicted octanol–water partition coefficient (Wildman–Crippen LogP) is 1.47. The largest absolute Gasteiger partial charge is 0.396 e. The van der Waals surface area contributed by atoms with Crippen molar-refractivity contribution in [3.05, 3.63) is 41.0 Å². The van der Waals surface area contributed by atoms with Crippen molar-refractivity contribution >= 4 is 17.5 Å². The van der Waals surface area contributed by atoms with E-state index in [1.165, 1.54) is 6.20 Å². The molecule has 2 heterocycles. The average molecular weight is 322 g/mol. The molecule has 1 fully saturated rings. The average Bonchev–Trinajstić information content (AvgIpc) is 2.96. The molecule has 0 bridgehead atoms. The number of amides is 1. The summed E-state index contributed by atoms with van der Waals surface area (Å²) < 4.78 is 5.11.